The van der Waals surface area contributed by atoms with E-state index in [1.807, 2.05) is 12.1 Å². The van der Waals surface area contributed by atoms with Gasteiger partial charge in [-0.3, -0.25) is 9.59 Å². The summed E-state index contributed by atoms with van der Waals surface area (Å²) in [6, 6.07) is 19.8. The predicted octanol–water partition coefficient (Wildman–Crippen LogP) is 7.47. The molecule has 2 saturated heterocycles. The maximum atomic E-state index is 13.6. The summed E-state index contributed by atoms with van der Waals surface area (Å²) in [7, 11) is 0. The van der Waals surface area contributed by atoms with E-state index < -0.39 is 11.6 Å². The Hall–Kier alpha value is -5.54. The van der Waals surface area contributed by atoms with Crippen LogP contribution in [0.4, 0.5) is 20.7 Å². The number of pyridine rings is 2. The average Bonchev–Trinajstić information content (AvgIpc) is 3.23. The number of ether oxygens (including phenoxy) is 2. The van der Waals surface area contributed by atoms with Crippen molar-refractivity contribution in [2.75, 3.05) is 37.1 Å². The lowest BCUT2D eigenvalue weighted by Gasteiger charge is -2.23. The molecule has 16 heteroatoms. The molecule has 12 nitrogen and oxygen atoms in total. The molecule has 0 atom stereocenters. The van der Waals surface area contributed by atoms with Gasteiger partial charge < -0.3 is 29.2 Å². The number of rotatable bonds is 10. The van der Waals surface area contributed by atoms with Crippen molar-refractivity contribution in [1.29, 1.82) is 0 Å². The number of aromatic nitrogens is 6. The molecule has 58 heavy (non-hydrogen) atoms. The number of anilines is 2. The van der Waals surface area contributed by atoms with Gasteiger partial charge in [0.05, 0.1) is 34.5 Å². The Morgan fingerprint density at radius 2 is 1.09 bits per heavy atom. The van der Waals surface area contributed by atoms with Gasteiger partial charge in [-0.1, -0.05) is 35.3 Å². The van der Waals surface area contributed by atoms with Gasteiger partial charge in [0.2, 0.25) is 11.9 Å². The van der Waals surface area contributed by atoms with Gasteiger partial charge in [0.1, 0.15) is 11.6 Å². The second-order valence-electron chi connectivity index (χ2n) is 13.9. The topological polar surface area (TPSA) is 138 Å². The van der Waals surface area contributed by atoms with Crippen molar-refractivity contribution in [2.24, 2.45) is 0 Å². The first-order valence-corrected chi connectivity index (χ1v) is 19.6. The molecule has 300 valence electrons. The number of nitrogens with zero attached hydrogens (tertiary/aromatic N) is 6. The van der Waals surface area contributed by atoms with Crippen LogP contribution in [0.15, 0.2) is 107 Å². The first-order chi connectivity index (χ1) is 28.2. The number of hydrogen-bond acceptors (Lipinski definition) is 10. The molecule has 0 unspecified atom stereocenters. The molecule has 8 rings (SSSR count). The summed E-state index contributed by atoms with van der Waals surface area (Å²) < 4.78 is 40.7. The van der Waals surface area contributed by atoms with Gasteiger partial charge in [0, 0.05) is 86.6 Å². The molecule has 2 aliphatic rings. The first kappa shape index (κ1) is 40.6. The molecule has 0 saturated carbocycles. The summed E-state index contributed by atoms with van der Waals surface area (Å²) in [5.74, 6) is 0.0983. The molecule has 0 spiro atoms. The van der Waals surface area contributed by atoms with E-state index in [-0.39, 0.29) is 39.8 Å². The summed E-state index contributed by atoms with van der Waals surface area (Å²) in [6.45, 7) is 3.48. The van der Waals surface area contributed by atoms with Crippen LogP contribution in [0.5, 0.6) is 0 Å². The van der Waals surface area contributed by atoms with E-state index >= 15 is 0 Å². The molecule has 6 aromatic rings. The molecule has 0 amide bonds. The Bertz CT molecular complexity index is 2300. The van der Waals surface area contributed by atoms with Gasteiger partial charge in [-0.25, -0.2) is 28.7 Å². The van der Waals surface area contributed by atoms with Crippen LogP contribution >= 0.6 is 23.2 Å². The van der Waals surface area contributed by atoms with E-state index in [4.69, 9.17) is 32.7 Å². The Kier molecular flexibility index (Phi) is 13.5. The Morgan fingerprint density at radius 3 is 1.55 bits per heavy atom. The van der Waals surface area contributed by atoms with Crippen LogP contribution in [0.3, 0.4) is 0 Å². The number of benzene rings is 2. The van der Waals surface area contributed by atoms with Crippen LogP contribution in [-0.4, -0.2) is 67.6 Å². The quantitative estimate of drug-likeness (QED) is 0.143. The van der Waals surface area contributed by atoms with Gasteiger partial charge in [-0.2, -0.15) is 0 Å². The third-order valence-electron chi connectivity index (χ3n) is 9.68. The standard InChI is InChI=1S/2C21H20ClFN4O2/c22-17-11-14(1-2-18(17)23)13-27-8-4-15(12-20(27)28)19-3-7-24-21(26-19)25-16-5-9-29-10-6-16;22-17-2-1-14(11-18(17)23)13-27-8-4-15(12-20(27)28)19-3-7-24-21(26-19)25-16-5-9-29-10-6-16/h2*1-4,7-8,11-12,16H,5-6,9-10,13H2,(H,24,25,26). The highest BCUT2D eigenvalue weighted by atomic mass is 35.5. The van der Waals surface area contributed by atoms with E-state index in [1.54, 1.807) is 49.1 Å². The highest BCUT2D eigenvalue weighted by molar-refractivity contribution is 6.31. The Morgan fingerprint density at radius 1 is 0.603 bits per heavy atom. The summed E-state index contributed by atoms with van der Waals surface area (Å²) >= 11 is 11.5. The second kappa shape index (κ2) is 19.3. The van der Waals surface area contributed by atoms with Crippen molar-refractivity contribution >= 4 is 35.1 Å². The van der Waals surface area contributed by atoms with Gasteiger partial charge in [-0.15, -0.1) is 0 Å². The minimum atomic E-state index is -0.501. The molecule has 0 radical (unpaired) electrons. The van der Waals surface area contributed by atoms with E-state index in [1.165, 1.54) is 45.5 Å². The van der Waals surface area contributed by atoms with Gasteiger partial charge in [0.15, 0.2) is 0 Å². The summed E-state index contributed by atoms with van der Waals surface area (Å²) in [6.07, 6.45) is 10.4. The average molecular weight is 830 g/mol. The maximum absolute atomic E-state index is 13.6. The number of hydrogen-bond donors (Lipinski definition) is 2. The van der Waals surface area contributed by atoms with Crippen molar-refractivity contribution in [2.45, 2.75) is 50.9 Å². The van der Waals surface area contributed by atoms with E-state index in [9.17, 15) is 18.4 Å². The molecular weight excluding hydrogens is 789 g/mol. The normalized spacial score (nSPS) is 14.7. The van der Waals surface area contributed by atoms with Crippen LogP contribution in [0.2, 0.25) is 10.0 Å². The third kappa shape index (κ3) is 10.9. The van der Waals surface area contributed by atoms with Gasteiger partial charge >= 0.3 is 0 Å². The second-order valence-corrected chi connectivity index (χ2v) is 14.7. The Labute approximate surface area is 342 Å². The van der Waals surface area contributed by atoms with Crippen molar-refractivity contribution < 1.29 is 18.3 Å². The third-order valence-corrected chi connectivity index (χ3v) is 10.3. The lowest BCUT2D eigenvalue weighted by Crippen LogP contribution is -2.28. The summed E-state index contributed by atoms with van der Waals surface area (Å²) in [5.41, 5.74) is 3.77. The molecular formula is C42H40Cl2F2N8O4. The van der Waals surface area contributed by atoms with Crippen LogP contribution in [0.25, 0.3) is 22.5 Å². The zero-order chi connectivity index (χ0) is 40.4. The fraction of sp³-hybridized carbons (Fsp3) is 0.286. The van der Waals surface area contributed by atoms with Gasteiger partial charge in [0.25, 0.3) is 11.1 Å². The van der Waals surface area contributed by atoms with E-state index in [2.05, 4.69) is 30.6 Å². The summed E-state index contributed by atoms with van der Waals surface area (Å²) in [4.78, 5) is 42.7. The molecule has 2 fully saturated rings. The van der Waals surface area contributed by atoms with Crippen molar-refractivity contribution in [3.63, 3.8) is 0 Å². The minimum Gasteiger partial charge on any atom is -0.381 e. The molecule has 2 N–H and O–H groups in total. The van der Waals surface area contributed by atoms with Crippen LogP contribution in [-0.2, 0) is 22.6 Å². The smallest absolute Gasteiger partial charge is 0.251 e. The lowest BCUT2D eigenvalue weighted by atomic mass is 10.1. The molecule has 2 aliphatic heterocycles. The predicted molar refractivity (Wildman–Crippen MR) is 219 cm³/mol. The van der Waals surface area contributed by atoms with E-state index in [0.29, 0.717) is 46.5 Å². The van der Waals surface area contributed by atoms with Crippen molar-refractivity contribution in [1.82, 2.24) is 29.1 Å². The Balaban J connectivity index is 0.000000177. The highest BCUT2D eigenvalue weighted by Gasteiger charge is 2.17. The van der Waals surface area contributed by atoms with Crippen LogP contribution < -0.4 is 21.8 Å². The lowest BCUT2D eigenvalue weighted by molar-refractivity contribution is 0.0902. The minimum absolute atomic E-state index is 0.0395. The van der Waals surface area contributed by atoms with Gasteiger partial charge in [-0.05, 0) is 85.3 Å². The zero-order valence-corrected chi connectivity index (χ0v) is 32.8. The fourth-order valence-corrected chi connectivity index (χ4v) is 6.81. The maximum Gasteiger partial charge on any atom is 0.251 e. The first-order valence-electron chi connectivity index (χ1n) is 18.8. The molecule has 0 bridgehead atoms. The summed E-state index contributed by atoms with van der Waals surface area (Å²) in [5, 5.41) is 6.76. The largest absolute Gasteiger partial charge is 0.381 e. The number of halogens is 4. The SMILES string of the molecule is O=c1cc(-c2ccnc(NC3CCOCC3)n2)ccn1Cc1ccc(Cl)c(F)c1.O=c1cc(-c2ccnc(NC3CCOCC3)n2)ccn1Cc1ccc(F)c(Cl)c1. The van der Waals surface area contributed by atoms with Crippen LogP contribution in [0, 0.1) is 11.6 Å². The molecule has 6 heterocycles. The molecule has 2 aromatic carbocycles. The van der Waals surface area contributed by atoms with Crippen molar-refractivity contribution in [3.8, 4) is 22.5 Å². The van der Waals surface area contributed by atoms with Crippen molar-refractivity contribution in [3.05, 3.63) is 151 Å². The van der Waals surface area contributed by atoms with Crippen LogP contribution in [0.1, 0.15) is 36.8 Å². The molecule has 4 aromatic heterocycles. The highest BCUT2D eigenvalue weighted by Crippen LogP contribution is 2.21. The molecule has 0 aliphatic carbocycles. The van der Waals surface area contributed by atoms with E-state index in [0.717, 1.165) is 57.7 Å². The zero-order valence-electron chi connectivity index (χ0n) is 31.3. The fourth-order valence-electron chi connectivity index (χ4n) is 6.49. The number of nitrogens with one attached hydrogen (secondary N) is 2. The monoisotopic (exact) mass is 828 g/mol.